The largest absolute Gasteiger partial charge is 0.494 e. The standard InChI is InChI=1S/C14H12N2O2/c1-18-13-8-14(17)16-12(13)7-10-6-9-4-2-3-5-11(9)15-10/h2-8,16-17H,1H3/b10-7+. The highest BCUT2D eigenvalue weighted by atomic mass is 16.5. The molecule has 0 amide bonds. The van der Waals surface area contributed by atoms with Gasteiger partial charge in [-0.05, 0) is 18.2 Å². The number of rotatable bonds is 2. The molecule has 0 bridgehead atoms. The molecule has 2 aromatic rings. The molecule has 0 aliphatic carbocycles. The molecule has 0 saturated heterocycles. The van der Waals surface area contributed by atoms with Crippen LogP contribution >= 0.6 is 0 Å². The van der Waals surface area contributed by atoms with Gasteiger partial charge in [0.1, 0.15) is 5.75 Å². The molecule has 0 radical (unpaired) electrons. The van der Waals surface area contributed by atoms with E-state index in [-0.39, 0.29) is 5.88 Å². The van der Waals surface area contributed by atoms with Crippen LogP contribution in [0.5, 0.6) is 11.6 Å². The highest BCUT2D eigenvalue weighted by Gasteiger charge is 2.07. The molecule has 0 spiro atoms. The average molecular weight is 240 g/mol. The number of hydrogen-bond donors (Lipinski definition) is 2. The third-order valence-electron chi connectivity index (χ3n) is 2.80. The van der Waals surface area contributed by atoms with E-state index in [1.807, 2.05) is 36.4 Å². The number of fused-ring (bicyclic) bond motifs is 1. The van der Waals surface area contributed by atoms with E-state index in [0.29, 0.717) is 11.4 Å². The van der Waals surface area contributed by atoms with Crippen LogP contribution in [-0.2, 0) is 0 Å². The van der Waals surface area contributed by atoms with Gasteiger partial charge in [0.05, 0.1) is 23.9 Å². The van der Waals surface area contributed by atoms with Crippen molar-refractivity contribution >= 4 is 12.2 Å². The number of methoxy groups -OCH3 is 1. The van der Waals surface area contributed by atoms with Gasteiger partial charge in [0.15, 0.2) is 5.88 Å². The number of hydrogen-bond acceptors (Lipinski definition) is 3. The molecule has 1 aliphatic heterocycles. The molecule has 18 heavy (non-hydrogen) atoms. The number of allylic oxidation sites excluding steroid dienone is 1. The topological polar surface area (TPSA) is 57.6 Å². The second-order valence-corrected chi connectivity index (χ2v) is 4.02. The summed E-state index contributed by atoms with van der Waals surface area (Å²) in [5.74, 6) is 0.675. The Morgan fingerprint density at radius 2 is 2.17 bits per heavy atom. The second kappa shape index (κ2) is 4.07. The van der Waals surface area contributed by atoms with Gasteiger partial charge in [0.2, 0.25) is 0 Å². The number of aromatic nitrogens is 1. The zero-order valence-electron chi connectivity index (χ0n) is 9.84. The lowest BCUT2D eigenvalue weighted by molar-refractivity contribution is 0.412. The van der Waals surface area contributed by atoms with Gasteiger partial charge in [-0.1, -0.05) is 18.2 Å². The van der Waals surface area contributed by atoms with Gasteiger partial charge < -0.3 is 14.8 Å². The summed E-state index contributed by atoms with van der Waals surface area (Å²) in [6.45, 7) is 0. The Kier molecular flexibility index (Phi) is 2.41. The van der Waals surface area contributed by atoms with Crippen molar-refractivity contribution in [2.45, 2.75) is 0 Å². The van der Waals surface area contributed by atoms with E-state index in [2.05, 4.69) is 9.98 Å². The van der Waals surface area contributed by atoms with Crippen molar-refractivity contribution in [1.29, 1.82) is 0 Å². The third-order valence-corrected chi connectivity index (χ3v) is 2.80. The Morgan fingerprint density at radius 1 is 1.33 bits per heavy atom. The fourth-order valence-corrected chi connectivity index (χ4v) is 1.98. The van der Waals surface area contributed by atoms with Gasteiger partial charge in [-0.15, -0.1) is 0 Å². The Morgan fingerprint density at radius 3 is 2.94 bits per heavy atom. The van der Waals surface area contributed by atoms with E-state index in [9.17, 15) is 5.11 Å². The zero-order valence-corrected chi connectivity index (χ0v) is 9.84. The highest BCUT2D eigenvalue weighted by Crippen LogP contribution is 2.26. The maximum atomic E-state index is 9.41. The lowest BCUT2D eigenvalue weighted by atomic mass is 10.2. The minimum absolute atomic E-state index is 0.0780. The first-order valence-corrected chi connectivity index (χ1v) is 5.59. The summed E-state index contributed by atoms with van der Waals surface area (Å²) in [5.41, 5.74) is 1.54. The molecular weight excluding hydrogens is 228 g/mol. The SMILES string of the molecule is COc1cc(O)[nH]c1/C=C1\C=c2ccccc2=N1. The number of para-hydroxylation sites is 1. The number of H-pyrrole nitrogens is 1. The Balaban J connectivity index is 2.07. The quantitative estimate of drug-likeness (QED) is 0.828. The molecule has 90 valence electrons. The molecule has 0 atom stereocenters. The minimum Gasteiger partial charge on any atom is -0.494 e. The second-order valence-electron chi connectivity index (χ2n) is 4.02. The summed E-state index contributed by atoms with van der Waals surface area (Å²) < 4.78 is 5.16. The first-order chi connectivity index (χ1) is 8.76. The normalized spacial score (nSPS) is 15.1. The number of nitrogens with zero attached hydrogens (tertiary/aromatic N) is 1. The Hall–Kier alpha value is -2.49. The summed E-state index contributed by atoms with van der Waals surface area (Å²) >= 11 is 0. The van der Waals surface area contributed by atoms with Gasteiger partial charge in [0, 0.05) is 11.3 Å². The van der Waals surface area contributed by atoms with Crippen molar-refractivity contribution < 1.29 is 9.84 Å². The number of aromatic hydroxyl groups is 1. The van der Waals surface area contributed by atoms with Gasteiger partial charge in [0.25, 0.3) is 0 Å². The molecule has 0 unspecified atom stereocenters. The van der Waals surface area contributed by atoms with Crippen LogP contribution in [0.3, 0.4) is 0 Å². The van der Waals surface area contributed by atoms with Gasteiger partial charge in [-0.3, -0.25) is 0 Å². The number of benzene rings is 1. The van der Waals surface area contributed by atoms with Crippen molar-refractivity contribution in [1.82, 2.24) is 4.98 Å². The fourth-order valence-electron chi connectivity index (χ4n) is 1.98. The van der Waals surface area contributed by atoms with Gasteiger partial charge in [-0.25, -0.2) is 4.99 Å². The van der Waals surface area contributed by atoms with Crippen molar-refractivity contribution in [2.24, 2.45) is 4.99 Å². The lowest BCUT2D eigenvalue weighted by Gasteiger charge is -1.96. The van der Waals surface area contributed by atoms with Crippen LogP contribution in [0.4, 0.5) is 0 Å². The molecule has 2 N–H and O–H groups in total. The number of ether oxygens (including phenoxy) is 1. The summed E-state index contributed by atoms with van der Waals surface area (Å²) in [6, 6.07) is 9.46. The lowest BCUT2D eigenvalue weighted by Crippen LogP contribution is -2.19. The highest BCUT2D eigenvalue weighted by molar-refractivity contribution is 5.67. The van der Waals surface area contributed by atoms with E-state index in [4.69, 9.17) is 4.74 Å². The molecule has 1 aromatic heterocycles. The maximum Gasteiger partial charge on any atom is 0.192 e. The summed E-state index contributed by atoms with van der Waals surface area (Å²) in [6.07, 6.45) is 3.84. The molecule has 4 heteroatoms. The Labute approximate surface area is 104 Å². The van der Waals surface area contributed by atoms with Gasteiger partial charge in [-0.2, -0.15) is 0 Å². The zero-order chi connectivity index (χ0) is 12.5. The predicted octanol–water partition coefficient (Wildman–Crippen LogP) is 1.18. The van der Waals surface area contributed by atoms with E-state index < -0.39 is 0 Å². The number of nitrogens with one attached hydrogen (secondary N) is 1. The summed E-state index contributed by atoms with van der Waals surface area (Å²) in [7, 11) is 1.56. The predicted molar refractivity (Wildman–Crippen MR) is 68.7 cm³/mol. The molecule has 2 heterocycles. The molecule has 0 fully saturated rings. The van der Waals surface area contributed by atoms with Crippen LogP contribution in [0.25, 0.3) is 12.2 Å². The monoisotopic (exact) mass is 240 g/mol. The van der Waals surface area contributed by atoms with E-state index in [0.717, 1.165) is 16.3 Å². The van der Waals surface area contributed by atoms with Gasteiger partial charge >= 0.3 is 0 Å². The smallest absolute Gasteiger partial charge is 0.192 e. The van der Waals surface area contributed by atoms with E-state index in [1.165, 1.54) is 6.07 Å². The van der Waals surface area contributed by atoms with Crippen molar-refractivity contribution in [3.63, 3.8) is 0 Å². The number of aromatic amines is 1. The van der Waals surface area contributed by atoms with Crippen molar-refractivity contribution in [3.8, 4) is 11.6 Å². The van der Waals surface area contributed by atoms with Crippen LogP contribution in [0, 0.1) is 0 Å². The summed E-state index contributed by atoms with van der Waals surface area (Å²) in [5, 5.41) is 11.5. The van der Waals surface area contributed by atoms with Crippen molar-refractivity contribution in [2.75, 3.05) is 7.11 Å². The van der Waals surface area contributed by atoms with Crippen LogP contribution in [0.15, 0.2) is 41.0 Å². The molecule has 3 rings (SSSR count). The molecular formula is C14H12N2O2. The molecule has 0 saturated carbocycles. The fraction of sp³-hybridized carbons (Fsp3) is 0.0714. The van der Waals surface area contributed by atoms with Crippen molar-refractivity contribution in [3.05, 3.63) is 52.3 Å². The van der Waals surface area contributed by atoms with Crippen LogP contribution in [0.1, 0.15) is 5.69 Å². The third kappa shape index (κ3) is 1.78. The molecule has 1 aromatic carbocycles. The van der Waals surface area contributed by atoms with Crippen LogP contribution < -0.4 is 15.3 Å². The first kappa shape index (κ1) is 10.7. The average Bonchev–Trinajstić information content (AvgIpc) is 2.92. The minimum atomic E-state index is 0.0780. The van der Waals surface area contributed by atoms with Crippen LogP contribution in [-0.4, -0.2) is 17.2 Å². The van der Waals surface area contributed by atoms with Crippen LogP contribution in [0.2, 0.25) is 0 Å². The molecule has 1 aliphatic rings. The Bertz CT molecular complexity index is 704. The van der Waals surface area contributed by atoms with E-state index in [1.54, 1.807) is 7.11 Å². The summed E-state index contributed by atoms with van der Waals surface area (Å²) in [4.78, 5) is 7.30. The van der Waals surface area contributed by atoms with E-state index >= 15 is 0 Å². The first-order valence-electron chi connectivity index (χ1n) is 5.59. The maximum absolute atomic E-state index is 9.41. The molecule has 4 nitrogen and oxygen atoms in total.